The maximum absolute atomic E-state index is 13.2. The molecule has 1 unspecified atom stereocenters. The number of piperidine rings is 1. The van der Waals surface area contributed by atoms with Crippen LogP contribution in [0.15, 0.2) is 35.2 Å². The van der Waals surface area contributed by atoms with Crippen LogP contribution in [0.1, 0.15) is 35.3 Å². The van der Waals surface area contributed by atoms with Gasteiger partial charge in [0.25, 0.3) is 5.91 Å². The molecule has 2 aliphatic rings. The van der Waals surface area contributed by atoms with Gasteiger partial charge in [0.1, 0.15) is 5.69 Å². The summed E-state index contributed by atoms with van der Waals surface area (Å²) < 4.78 is 1.93. The molecule has 1 spiro atoms. The van der Waals surface area contributed by atoms with E-state index in [-0.39, 0.29) is 18.3 Å². The molecule has 4 nitrogen and oxygen atoms in total. The summed E-state index contributed by atoms with van der Waals surface area (Å²) >= 11 is 1.70. The monoisotopic (exact) mass is 365 g/mol. The molecule has 2 aromatic rings. The molecule has 1 amide bonds. The van der Waals surface area contributed by atoms with Gasteiger partial charge in [-0.3, -0.25) is 4.79 Å². The van der Waals surface area contributed by atoms with Gasteiger partial charge in [-0.1, -0.05) is 0 Å². The van der Waals surface area contributed by atoms with Crippen molar-refractivity contribution in [2.75, 3.05) is 13.1 Å². The van der Waals surface area contributed by atoms with Crippen LogP contribution >= 0.6 is 23.7 Å². The SMILES string of the molecule is Cl.Cn1cccc1C(=O)N(Cc1ccsc1)C1CC12CCNCC2. The summed E-state index contributed by atoms with van der Waals surface area (Å²) in [4.78, 5) is 15.3. The standard InChI is InChI=1S/C18H23N3OS.ClH/c1-20-9-2-3-15(20)17(22)21(12-14-4-10-23-13-14)16-11-18(16)5-7-19-8-6-18;/h2-4,9-10,13,16,19H,5-8,11-12H2,1H3;1H. The number of hydrogen-bond donors (Lipinski definition) is 1. The van der Waals surface area contributed by atoms with E-state index < -0.39 is 0 Å². The van der Waals surface area contributed by atoms with Gasteiger partial charge in [-0.15, -0.1) is 12.4 Å². The number of amides is 1. The molecule has 2 aromatic heterocycles. The molecule has 0 aromatic carbocycles. The molecule has 1 saturated carbocycles. The van der Waals surface area contributed by atoms with E-state index >= 15 is 0 Å². The van der Waals surface area contributed by atoms with Crippen molar-refractivity contribution in [1.29, 1.82) is 0 Å². The number of thiophene rings is 1. The molecular formula is C18H24ClN3OS. The largest absolute Gasteiger partial charge is 0.347 e. The van der Waals surface area contributed by atoms with Crippen LogP contribution in [0.3, 0.4) is 0 Å². The van der Waals surface area contributed by atoms with E-state index in [1.165, 1.54) is 18.4 Å². The Morgan fingerprint density at radius 3 is 2.83 bits per heavy atom. The van der Waals surface area contributed by atoms with Gasteiger partial charge in [-0.25, -0.2) is 0 Å². The van der Waals surface area contributed by atoms with E-state index in [9.17, 15) is 4.79 Å². The zero-order valence-corrected chi connectivity index (χ0v) is 15.5. The normalized spacial score (nSPS) is 21.3. The number of carbonyl (C=O) groups is 1. The van der Waals surface area contributed by atoms with Crippen molar-refractivity contribution in [2.24, 2.45) is 12.5 Å². The van der Waals surface area contributed by atoms with Crippen molar-refractivity contribution >= 4 is 29.7 Å². The highest BCUT2D eigenvalue weighted by atomic mass is 35.5. The summed E-state index contributed by atoms with van der Waals surface area (Å²) in [5, 5.41) is 7.69. The third-order valence-corrected chi connectivity index (χ3v) is 6.21. The van der Waals surface area contributed by atoms with Gasteiger partial charge in [0.05, 0.1) is 0 Å². The Morgan fingerprint density at radius 1 is 1.42 bits per heavy atom. The van der Waals surface area contributed by atoms with Gasteiger partial charge in [-0.2, -0.15) is 11.3 Å². The lowest BCUT2D eigenvalue weighted by Crippen LogP contribution is -2.39. The number of rotatable bonds is 4. The molecule has 3 heterocycles. The van der Waals surface area contributed by atoms with E-state index in [0.717, 1.165) is 31.7 Å². The molecule has 4 rings (SSSR count). The number of aromatic nitrogens is 1. The minimum absolute atomic E-state index is 0. The maximum Gasteiger partial charge on any atom is 0.271 e. The van der Waals surface area contributed by atoms with Crippen LogP contribution in [-0.2, 0) is 13.6 Å². The molecule has 1 aliphatic carbocycles. The van der Waals surface area contributed by atoms with Gasteiger partial charge in [0, 0.05) is 25.8 Å². The highest BCUT2D eigenvalue weighted by Crippen LogP contribution is 2.56. The molecule has 0 radical (unpaired) electrons. The molecule has 1 saturated heterocycles. The fourth-order valence-electron chi connectivity index (χ4n) is 3.96. The summed E-state index contributed by atoms with van der Waals surface area (Å²) in [6.45, 7) is 2.90. The molecule has 6 heteroatoms. The first-order chi connectivity index (χ1) is 11.2. The average molecular weight is 366 g/mol. The van der Waals surface area contributed by atoms with Crippen molar-refractivity contribution in [2.45, 2.75) is 31.8 Å². The fraction of sp³-hybridized carbons (Fsp3) is 0.500. The molecule has 24 heavy (non-hydrogen) atoms. The average Bonchev–Trinajstić information content (AvgIpc) is 2.97. The third-order valence-electron chi connectivity index (χ3n) is 5.48. The zero-order chi connectivity index (χ0) is 15.9. The summed E-state index contributed by atoms with van der Waals surface area (Å²) in [6.07, 6.45) is 5.49. The second-order valence-electron chi connectivity index (χ2n) is 6.90. The number of halogens is 1. The predicted octanol–water partition coefficient (Wildman–Crippen LogP) is 3.29. The number of hydrogen-bond acceptors (Lipinski definition) is 3. The van der Waals surface area contributed by atoms with Crippen molar-refractivity contribution in [3.05, 3.63) is 46.4 Å². The topological polar surface area (TPSA) is 37.3 Å². The van der Waals surface area contributed by atoms with Gasteiger partial charge >= 0.3 is 0 Å². The second kappa shape index (κ2) is 6.90. The van der Waals surface area contributed by atoms with Crippen LogP contribution in [0.5, 0.6) is 0 Å². The highest BCUT2D eigenvalue weighted by Gasteiger charge is 2.57. The third kappa shape index (κ3) is 3.13. The second-order valence-corrected chi connectivity index (χ2v) is 7.68. The number of nitrogens with zero attached hydrogens (tertiary/aromatic N) is 2. The number of carbonyl (C=O) groups excluding carboxylic acids is 1. The smallest absolute Gasteiger partial charge is 0.271 e. The minimum atomic E-state index is 0. The lowest BCUT2D eigenvalue weighted by atomic mass is 9.93. The summed E-state index contributed by atoms with van der Waals surface area (Å²) in [6, 6.07) is 6.41. The summed E-state index contributed by atoms with van der Waals surface area (Å²) in [5.41, 5.74) is 2.40. The van der Waals surface area contributed by atoms with Crippen LogP contribution in [0.4, 0.5) is 0 Å². The Morgan fingerprint density at radius 2 is 2.21 bits per heavy atom. The lowest BCUT2D eigenvalue weighted by Gasteiger charge is -2.29. The van der Waals surface area contributed by atoms with Crippen LogP contribution in [0, 0.1) is 5.41 Å². The first-order valence-corrected chi connectivity index (χ1v) is 9.28. The van der Waals surface area contributed by atoms with Gasteiger partial charge in [-0.05, 0) is 72.3 Å². The molecule has 130 valence electrons. The highest BCUT2D eigenvalue weighted by molar-refractivity contribution is 7.07. The Kier molecular flexibility index (Phi) is 5.04. The fourth-order valence-corrected chi connectivity index (χ4v) is 4.62. The Hall–Kier alpha value is -1.30. The Labute approximate surface area is 153 Å². The minimum Gasteiger partial charge on any atom is -0.347 e. The van der Waals surface area contributed by atoms with E-state index in [4.69, 9.17) is 0 Å². The van der Waals surface area contributed by atoms with Crippen molar-refractivity contribution in [1.82, 2.24) is 14.8 Å². The van der Waals surface area contributed by atoms with Crippen molar-refractivity contribution in [3.63, 3.8) is 0 Å². The quantitative estimate of drug-likeness (QED) is 0.902. The van der Waals surface area contributed by atoms with Gasteiger partial charge < -0.3 is 14.8 Å². The van der Waals surface area contributed by atoms with Crippen molar-refractivity contribution < 1.29 is 4.79 Å². The van der Waals surface area contributed by atoms with Crippen LogP contribution in [0.25, 0.3) is 0 Å². The summed E-state index contributed by atoms with van der Waals surface area (Å²) in [7, 11) is 1.95. The molecule has 0 bridgehead atoms. The van der Waals surface area contributed by atoms with E-state index in [2.05, 4.69) is 27.0 Å². The Balaban J connectivity index is 0.00000169. The van der Waals surface area contributed by atoms with Crippen LogP contribution < -0.4 is 5.32 Å². The van der Waals surface area contributed by atoms with E-state index in [1.54, 1.807) is 11.3 Å². The summed E-state index contributed by atoms with van der Waals surface area (Å²) in [5.74, 6) is 0.170. The molecule has 1 aliphatic heterocycles. The zero-order valence-electron chi connectivity index (χ0n) is 13.9. The van der Waals surface area contributed by atoms with Gasteiger partial charge in [0.2, 0.25) is 0 Å². The van der Waals surface area contributed by atoms with Crippen molar-refractivity contribution in [3.8, 4) is 0 Å². The first kappa shape index (κ1) is 17.5. The molecule has 1 atom stereocenters. The number of nitrogens with one attached hydrogen (secondary N) is 1. The van der Waals surface area contributed by atoms with Crippen LogP contribution in [-0.4, -0.2) is 34.5 Å². The van der Waals surface area contributed by atoms with Gasteiger partial charge in [0.15, 0.2) is 0 Å². The molecule has 1 N–H and O–H groups in total. The van der Waals surface area contributed by atoms with E-state index in [0.29, 0.717) is 11.5 Å². The van der Waals surface area contributed by atoms with E-state index in [1.807, 2.05) is 29.9 Å². The van der Waals surface area contributed by atoms with Crippen LogP contribution in [0.2, 0.25) is 0 Å². The predicted molar refractivity (Wildman–Crippen MR) is 99.8 cm³/mol. The number of aryl methyl sites for hydroxylation is 1. The molecule has 2 fully saturated rings. The lowest BCUT2D eigenvalue weighted by molar-refractivity contribution is 0.0682. The first-order valence-electron chi connectivity index (χ1n) is 8.34. The molecular weight excluding hydrogens is 342 g/mol. The Bertz CT molecular complexity index is 691. The maximum atomic E-state index is 13.2.